The number of ether oxygens (including phenoxy) is 5. The lowest BCUT2D eigenvalue weighted by molar-refractivity contribution is -0.177. The van der Waals surface area contributed by atoms with E-state index in [1.54, 1.807) is 12.1 Å². The van der Waals surface area contributed by atoms with Crippen LogP contribution in [0.25, 0.3) is 0 Å². The highest BCUT2D eigenvalue weighted by molar-refractivity contribution is 5.89. The van der Waals surface area contributed by atoms with Crippen molar-refractivity contribution in [2.45, 2.75) is 76.2 Å². The van der Waals surface area contributed by atoms with E-state index in [1.807, 2.05) is 45.9 Å². The molecule has 6 heteroatoms. The number of carbonyl (C=O) groups is 1. The van der Waals surface area contributed by atoms with Gasteiger partial charge in [0.25, 0.3) is 0 Å². The molecule has 5 atom stereocenters. The topological polar surface area (TPSA) is 63.2 Å². The summed E-state index contributed by atoms with van der Waals surface area (Å²) in [5.74, 6) is -1.80. The smallest absolute Gasteiger partial charge is 0.338 e. The van der Waals surface area contributed by atoms with Gasteiger partial charge in [-0.3, -0.25) is 0 Å². The number of fused-ring (bicyclic) bond motifs is 3. The van der Waals surface area contributed by atoms with Gasteiger partial charge < -0.3 is 23.7 Å². The molecule has 3 fully saturated rings. The third-order valence-electron chi connectivity index (χ3n) is 4.81. The van der Waals surface area contributed by atoms with Crippen LogP contribution >= 0.6 is 0 Å². The van der Waals surface area contributed by atoms with Crippen molar-refractivity contribution < 1.29 is 28.5 Å². The number of hydrogen-bond acceptors (Lipinski definition) is 6. The second-order valence-corrected chi connectivity index (χ2v) is 7.75. The standard InChI is InChI=1S/C19H24O6/c1-18(2)22-13-10-12(21-17(20)11-8-6-5-7-9-11)14-16(15(13)24-18)25-19(3,4)23-14/h5-9,12-16H,10H2,1-4H3/t12-,13+,14+,15-,16-/m1/s1. The number of esters is 1. The number of carbonyl (C=O) groups excluding carboxylic acids is 1. The van der Waals surface area contributed by atoms with Gasteiger partial charge in [-0.25, -0.2) is 4.79 Å². The molecular formula is C19H24O6. The Morgan fingerprint density at radius 1 is 0.920 bits per heavy atom. The molecule has 6 nitrogen and oxygen atoms in total. The first-order valence-electron chi connectivity index (χ1n) is 8.71. The minimum Gasteiger partial charge on any atom is -0.456 e. The zero-order valence-corrected chi connectivity index (χ0v) is 14.9. The van der Waals surface area contributed by atoms with Gasteiger partial charge in [-0.1, -0.05) is 18.2 Å². The Labute approximate surface area is 147 Å². The molecule has 1 aromatic rings. The zero-order valence-electron chi connectivity index (χ0n) is 14.9. The van der Waals surface area contributed by atoms with Crippen LogP contribution in [0.1, 0.15) is 44.5 Å². The first kappa shape index (κ1) is 17.0. The summed E-state index contributed by atoms with van der Waals surface area (Å²) >= 11 is 0. The Kier molecular flexibility index (Phi) is 3.92. The molecule has 1 aromatic carbocycles. The summed E-state index contributed by atoms with van der Waals surface area (Å²) in [5, 5.41) is 0. The van der Waals surface area contributed by atoms with E-state index in [9.17, 15) is 4.79 Å². The summed E-state index contributed by atoms with van der Waals surface area (Å²) in [6, 6.07) is 8.95. The number of hydrogen-bond donors (Lipinski definition) is 0. The Morgan fingerprint density at radius 2 is 1.52 bits per heavy atom. The van der Waals surface area contributed by atoms with E-state index in [-0.39, 0.29) is 30.4 Å². The van der Waals surface area contributed by atoms with Crippen molar-refractivity contribution in [3.05, 3.63) is 35.9 Å². The lowest BCUT2D eigenvalue weighted by atomic mass is 9.87. The first-order chi connectivity index (χ1) is 11.7. The highest BCUT2D eigenvalue weighted by Gasteiger charge is 2.60. The molecule has 25 heavy (non-hydrogen) atoms. The maximum Gasteiger partial charge on any atom is 0.338 e. The fraction of sp³-hybridized carbons (Fsp3) is 0.632. The highest BCUT2D eigenvalue weighted by atomic mass is 16.8. The molecule has 2 aliphatic heterocycles. The molecule has 0 aromatic heterocycles. The van der Waals surface area contributed by atoms with Crippen molar-refractivity contribution in [1.29, 1.82) is 0 Å². The quantitative estimate of drug-likeness (QED) is 0.766. The summed E-state index contributed by atoms with van der Waals surface area (Å²) in [4.78, 5) is 12.5. The molecule has 0 N–H and O–H groups in total. The second-order valence-electron chi connectivity index (χ2n) is 7.75. The van der Waals surface area contributed by atoms with Crippen molar-refractivity contribution in [3.8, 4) is 0 Å². The summed E-state index contributed by atoms with van der Waals surface area (Å²) in [6.07, 6.45) is -1.05. The first-order valence-corrected chi connectivity index (χ1v) is 8.71. The van der Waals surface area contributed by atoms with Crippen molar-refractivity contribution >= 4 is 5.97 Å². The molecule has 1 saturated carbocycles. The fourth-order valence-electron chi connectivity index (χ4n) is 3.94. The van der Waals surface area contributed by atoms with Crippen LogP contribution in [0.5, 0.6) is 0 Å². The molecular weight excluding hydrogens is 324 g/mol. The molecule has 0 unspecified atom stereocenters. The average Bonchev–Trinajstić information content (AvgIpc) is 3.03. The number of rotatable bonds is 2. The normalized spacial score (nSPS) is 38.0. The van der Waals surface area contributed by atoms with E-state index >= 15 is 0 Å². The van der Waals surface area contributed by atoms with Gasteiger partial charge in [0.2, 0.25) is 0 Å². The van der Waals surface area contributed by atoms with E-state index < -0.39 is 17.7 Å². The molecule has 0 amide bonds. The Bertz CT molecular complexity index is 655. The van der Waals surface area contributed by atoms with Gasteiger partial charge in [-0.2, -0.15) is 0 Å². The summed E-state index contributed by atoms with van der Waals surface area (Å²) in [5.41, 5.74) is 0.517. The van der Waals surface area contributed by atoms with E-state index in [0.717, 1.165) is 0 Å². The van der Waals surface area contributed by atoms with Crippen LogP contribution in [-0.2, 0) is 23.7 Å². The Morgan fingerprint density at radius 3 is 2.24 bits per heavy atom. The van der Waals surface area contributed by atoms with Gasteiger partial charge in [0.15, 0.2) is 11.6 Å². The van der Waals surface area contributed by atoms with Gasteiger partial charge in [0, 0.05) is 6.42 Å². The van der Waals surface area contributed by atoms with Gasteiger partial charge in [-0.15, -0.1) is 0 Å². The summed E-state index contributed by atoms with van der Waals surface area (Å²) in [6.45, 7) is 7.48. The predicted molar refractivity (Wildman–Crippen MR) is 87.9 cm³/mol. The van der Waals surface area contributed by atoms with Crippen LogP contribution in [0.15, 0.2) is 30.3 Å². The zero-order chi connectivity index (χ0) is 17.8. The monoisotopic (exact) mass is 348 g/mol. The maximum atomic E-state index is 12.5. The van der Waals surface area contributed by atoms with E-state index in [1.165, 1.54) is 0 Å². The van der Waals surface area contributed by atoms with Gasteiger partial charge in [-0.05, 0) is 39.8 Å². The summed E-state index contributed by atoms with van der Waals surface area (Å²) in [7, 11) is 0. The third-order valence-corrected chi connectivity index (χ3v) is 4.81. The molecule has 2 heterocycles. The minimum atomic E-state index is -0.752. The number of benzene rings is 1. The lowest BCUT2D eigenvalue weighted by Gasteiger charge is -2.36. The van der Waals surface area contributed by atoms with Crippen molar-refractivity contribution in [2.75, 3.05) is 0 Å². The van der Waals surface area contributed by atoms with E-state index in [4.69, 9.17) is 23.7 Å². The second kappa shape index (κ2) is 5.77. The Hall–Kier alpha value is -1.47. The fourth-order valence-corrected chi connectivity index (χ4v) is 3.94. The third kappa shape index (κ3) is 3.19. The van der Waals surface area contributed by atoms with Crippen molar-refractivity contribution in [1.82, 2.24) is 0 Å². The predicted octanol–water partition coefficient (Wildman–Crippen LogP) is 2.66. The molecule has 4 rings (SSSR count). The largest absolute Gasteiger partial charge is 0.456 e. The van der Waals surface area contributed by atoms with Crippen LogP contribution in [0, 0.1) is 0 Å². The summed E-state index contributed by atoms with van der Waals surface area (Å²) < 4.78 is 29.9. The minimum absolute atomic E-state index is 0.192. The van der Waals surface area contributed by atoms with Crippen LogP contribution < -0.4 is 0 Å². The molecule has 0 spiro atoms. The van der Waals surface area contributed by atoms with Gasteiger partial charge in [0.1, 0.15) is 24.4 Å². The van der Waals surface area contributed by atoms with Crippen LogP contribution in [0.4, 0.5) is 0 Å². The van der Waals surface area contributed by atoms with Crippen molar-refractivity contribution in [3.63, 3.8) is 0 Å². The molecule has 0 radical (unpaired) electrons. The van der Waals surface area contributed by atoms with Gasteiger partial charge in [0.05, 0.1) is 11.7 Å². The molecule has 136 valence electrons. The van der Waals surface area contributed by atoms with Gasteiger partial charge >= 0.3 is 5.97 Å². The molecule has 0 bridgehead atoms. The van der Waals surface area contributed by atoms with Crippen molar-refractivity contribution in [2.24, 2.45) is 0 Å². The SMILES string of the molecule is CC1(C)O[C@@H]2[C@@H](O1)[C@H](OC(=O)c1ccccc1)C[C@@H]1OC(C)(C)O[C@@H]21. The van der Waals surface area contributed by atoms with Crippen LogP contribution in [0.2, 0.25) is 0 Å². The highest BCUT2D eigenvalue weighted by Crippen LogP contribution is 2.45. The molecule has 1 aliphatic carbocycles. The van der Waals surface area contributed by atoms with E-state index in [0.29, 0.717) is 12.0 Å². The molecule has 2 saturated heterocycles. The maximum absolute atomic E-state index is 12.5. The molecule has 3 aliphatic rings. The van der Waals surface area contributed by atoms with Crippen LogP contribution in [-0.4, -0.2) is 48.1 Å². The average molecular weight is 348 g/mol. The van der Waals surface area contributed by atoms with Crippen LogP contribution in [0.3, 0.4) is 0 Å². The van der Waals surface area contributed by atoms with E-state index in [2.05, 4.69) is 0 Å². The Balaban J connectivity index is 1.57. The lowest BCUT2D eigenvalue weighted by Crippen LogP contribution is -2.54.